The molecule has 32 heavy (non-hydrogen) atoms. The number of aryl methyl sites for hydroxylation is 1. The van der Waals surface area contributed by atoms with E-state index in [0.717, 1.165) is 74.8 Å². The van der Waals surface area contributed by atoms with E-state index in [1.807, 2.05) is 25.1 Å². The number of thiocarbonyl (C=S) groups is 1. The number of rotatable bonds is 7. The SMILES string of the molecule is Cc1ccc(C(=O)NCCc2cccs2)c(C2CCN(C(=S)NCC3CCCO3)CC2)n1. The van der Waals surface area contributed by atoms with Crippen LogP contribution in [-0.4, -0.2) is 59.8 Å². The first kappa shape index (κ1) is 23.1. The first-order valence-electron chi connectivity index (χ1n) is 11.5. The van der Waals surface area contributed by atoms with E-state index < -0.39 is 0 Å². The van der Waals surface area contributed by atoms with Crippen LogP contribution in [0.3, 0.4) is 0 Å². The zero-order valence-corrected chi connectivity index (χ0v) is 20.3. The highest BCUT2D eigenvalue weighted by molar-refractivity contribution is 7.80. The van der Waals surface area contributed by atoms with Crippen LogP contribution < -0.4 is 10.6 Å². The van der Waals surface area contributed by atoms with Gasteiger partial charge in [0, 0.05) is 49.3 Å². The molecule has 0 aromatic carbocycles. The van der Waals surface area contributed by atoms with Crippen LogP contribution in [-0.2, 0) is 11.2 Å². The Bertz CT molecular complexity index is 905. The fourth-order valence-electron chi connectivity index (χ4n) is 4.40. The number of hydrogen-bond donors (Lipinski definition) is 2. The minimum absolute atomic E-state index is 0.0276. The number of piperidine rings is 1. The van der Waals surface area contributed by atoms with Gasteiger partial charge in [0.15, 0.2) is 5.11 Å². The number of thiophene rings is 1. The molecule has 2 fully saturated rings. The summed E-state index contributed by atoms with van der Waals surface area (Å²) in [5.41, 5.74) is 2.59. The van der Waals surface area contributed by atoms with Crippen molar-refractivity contribution in [3.8, 4) is 0 Å². The van der Waals surface area contributed by atoms with E-state index >= 15 is 0 Å². The van der Waals surface area contributed by atoms with Crippen LogP contribution in [0.15, 0.2) is 29.6 Å². The minimum atomic E-state index is -0.0276. The molecular weight excluding hydrogens is 440 g/mol. The second kappa shape index (κ2) is 11.2. The molecule has 2 aliphatic heterocycles. The van der Waals surface area contributed by atoms with Crippen molar-refractivity contribution in [1.82, 2.24) is 20.5 Å². The number of carbonyl (C=O) groups excluding carboxylic acids is 1. The third-order valence-corrected chi connectivity index (χ3v) is 7.56. The quantitative estimate of drug-likeness (QED) is 0.600. The molecule has 0 saturated carbocycles. The van der Waals surface area contributed by atoms with E-state index in [0.29, 0.717) is 12.1 Å². The Labute approximate surface area is 199 Å². The Morgan fingerprint density at radius 2 is 2.09 bits per heavy atom. The largest absolute Gasteiger partial charge is 0.376 e. The zero-order valence-electron chi connectivity index (χ0n) is 18.6. The molecule has 4 heterocycles. The molecule has 1 unspecified atom stereocenters. The van der Waals surface area contributed by atoms with Crippen molar-refractivity contribution in [3.05, 3.63) is 51.5 Å². The van der Waals surface area contributed by atoms with E-state index in [1.54, 1.807) is 11.3 Å². The van der Waals surface area contributed by atoms with Crippen LogP contribution in [0.1, 0.15) is 58.2 Å². The lowest BCUT2D eigenvalue weighted by molar-refractivity contribution is 0.0951. The molecule has 172 valence electrons. The zero-order chi connectivity index (χ0) is 22.3. The fourth-order valence-corrected chi connectivity index (χ4v) is 5.38. The third-order valence-electron chi connectivity index (χ3n) is 6.22. The molecule has 2 N–H and O–H groups in total. The number of carbonyl (C=O) groups is 1. The van der Waals surface area contributed by atoms with Crippen molar-refractivity contribution in [2.24, 2.45) is 0 Å². The summed E-state index contributed by atoms with van der Waals surface area (Å²) in [5, 5.41) is 9.33. The second-order valence-corrected chi connectivity index (χ2v) is 9.97. The van der Waals surface area contributed by atoms with Crippen LogP contribution in [0.25, 0.3) is 0 Å². The van der Waals surface area contributed by atoms with Gasteiger partial charge >= 0.3 is 0 Å². The van der Waals surface area contributed by atoms with E-state index in [1.165, 1.54) is 4.88 Å². The van der Waals surface area contributed by atoms with Gasteiger partial charge in [-0.2, -0.15) is 0 Å². The Kier molecular flexibility index (Phi) is 8.10. The fraction of sp³-hybridized carbons (Fsp3) is 0.542. The number of nitrogens with one attached hydrogen (secondary N) is 2. The lowest BCUT2D eigenvalue weighted by atomic mass is 9.90. The summed E-state index contributed by atoms with van der Waals surface area (Å²) in [5.74, 6) is 0.241. The summed E-state index contributed by atoms with van der Waals surface area (Å²) in [6.07, 6.45) is 5.25. The van der Waals surface area contributed by atoms with Crippen molar-refractivity contribution < 1.29 is 9.53 Å². The number of hydrogen-bond acceptors (Lipinski definition) is 5. The predicted molar refractivity (Wildman–Crippen MR) is 132 cm³/mol. The normalized spacial score (nSPS) is 19.2. The first-order chi connectivity index (χ1) is 15.6. The third kappa shape index (κ3) is 6.05. The van der Waals surface area contributed by atoms with Crippen LogP contribution in [0, 0.1) is 6.92 Å². The van der Waals surface area contributed by atoms with Crippen LogP contribution >= 0.6 is 23.6 Å². The molecule has 8 heteroatoms. The van der Waals surface area contributed by atoms with Gasteiger partial charge in [-0.1, -0.05) is 6.07 Å². The number of nitrogens with zero attached hydrogens (tertiary/aromatic N) is 2. The number of aromatic nitrogens is 1. The van der Waals surface area contributed by atoms with E-state index in [-0.39, 0.29) is 17.9 Å². The van der Waals surface area contributed by atoms with Crippen molar-refractivity contribution in [2.45, 2.75) is 51.0 Å². The molecule has 2 aromatic rings. The van der Waals surface area contributed by atoms with E-state index in [9.17, 15) is 4.79 Å². The molecule has 0 spiro atoms. The average molecular weight is 473 g/mol. The Morgan fingerprint density at radius 1 is 1.25 bits per heavy atom. The summed E-state index contributed by atoms with van der Waals surface area (Å²) in [6.45, 7) is 6.01. The molecule has 0 aliphatic carbocycles. The maximum absolute atomic E-state index is 12.9. The second-order valence-electron chi connectivity index (χ2n) is 8.55. The summed E-state index contributed by atoms with van der Waals surface area (Å²) >= 11 is 7.33. The highest BCUT2D eigenvalue weighted by atomic mass is 32.1. The smallest absolute Gasteiger partial charge is 0.253 e. The molecule has 4 rings (SSSR count). The monoisotopic (exact) mass is 472 g/mol. The maximum atomic E-state index is 12.9. The summed E-state index contributed by atoms with van der Waals surface area (Å²) in [6, 6.07) is 8.00. The number of pyridine rings is 1. The van der Waals surface area contributed by atoms with Gasteiger partial charge in [-0.25, -0.2) is 0 Å². The highest BCUT2D eigenvalue weighted by Crippen LogP contribution is 2.29. The van der Waals surface area contributed by atoms with Gasteiger partial charge in [0.2, 0.25) is 0 Å². The molecule has 2 aromatic heterocycles. The molecule has 1 amide bonds. The van der Waals surface area contributed by atoms with Crippen molar-refractivity contribution in [1.29, 1.82) is 0 Å². The van der Waals surface area contributed by atoms with Gasteiger partial charge in [-0.15, -0.1) is 11.3 Å². The average Bonchev–Trinajstić information content (AvgIpc) is 3.52. The van der Waals surface area contributed by atoms with Gasteiger partial charge < -0.3 is 20.3 Å². The Balaban J connectivity index is 1.31. The number of amides is 1. The molecule has 6 nitrogen and oxygen atoms in total. The molecule has 2 saturated heterocycles. The van der Waals surface area contributed by atoms with Gasteiger partial charge in [0.25, 0.3) is 5.91 Å². The molecular formula is C24H32N4O2S2. The van der Waals surface area contributed by atoms with Crippen molar-refractivity contribution in [3.63, 3.8) is 0 Å². The van der Waals surface area contributed by atoms with Crippen molar-refractivity contribution in [2.75, 3.05) is 32.8 Å². The first-order valence-corrected chi connectivity index (χ1v) is 12.8. The molecule has 0 radical (unpaired) electrons. The highest BCUT2D eigenvalue weighted by Gasteiger charge is 2.27. The maximum Gasteiger partial charge on any atom is 0.253 e. The Morgan fingerprint density at radius 3 is 2.81 bits per heavy atom. The lowest BCUT2D eigenvalue weighted by Gasteiger charge is -2.34. The summed E-state index contributed by atoms with van der Waals surface area (Å²) in [7, 11) is 0. The van der Waals surface area contributed by atoms with Crippen LogP contribution in [0.5, 0.6) is 0 Å². The van der Waals surface area contributed by atoms with Gasteiger partial charge in [0.05, 0.1) is 17.4 Å². The molecule has 0 bridgehead atoms. The predicted octanol–water partition coefficient (Wildman–Crippen LogP) is 3.66. The topological polar surface area (TPSA) is 66.5 Å². The summed E-state index contributed by atoms with van der Waals surface area (Å²) in [4.78, 5) is 21.2. The summed E-state index contributed by atoms with van der Waals surface area (Å²) < 4.78 is 5.68. The molecule has 1 atom stereocenters. The lowest BCUT2D eigenvalue weighted by Crippen LogP contribution is -2.46. The number of ether oxygens (including phenoxy) is 1. The Hall–Kier alpha value is -2.03. The van der Waals surface area contributed by atoms with E-state index in [4.69, 9.17) is 21.9 Å². The standard InChI is InChI=1S/C24H32N4O2S2/c1-17-6-7-21(23(29)25-11-8-20-5-3-15-32-20)22(27-17)18-9-12-28(13-10-18)24(31)26-16-19-4-2-14-30-19/h3,5-7,15,18-19H,2,4,8-14,16H2,1H3,(H,25,29)(H,26,31). The van der Waals surface area contributed by atoms with Crippen molar-refractivity contribution >= 4 is 34.6 Å². The van der Waals surface area contributed by atoms with Gasteiger partial charge in [-0.05, 0) is 74.8 Å². The minimum Gasteiger partial charge on any atom is -0.376 e. The van der Waals surface area contributed by atoms with Gasteiger partial charge in [0.1, 0.15) is 0 Å². The van der Waals surface area contributed by atoms with Crippen LogP contribution in [0.4, 0.5) is 0 Å². The molecule has 2 aliphatic rings. The van der Waals surface area contributed by atoms with Crippen LogP contribution in [0.2, 0.25) is 0 Å². The van der Waals surface area contributed by atoms with Gasteiger partial charge in [-0.3, -0.25) is 9.78 Å². The van der Waals surface area contributed by atoms with E-state index in [2.05, 4.69) is 27.0 Å². The number of likely N-dealkylation sites (tertiary alicyclic amines) is 1.